The van der Waals surface area contributed by atoms with E-state index in [2.05, 4.69) is 68.1 Å². The van der Waals surface area contributed by atoms with E-state index in [1.165, 1.54) is 5.56 Å². The smallest absolute Gasteiger partial charge is 0.0231 e. The van der Waals surface area contributed by atoms with Crippen LogP contribution in [0, 0.1) is 0 Å². The van der Waals surface area contributed by atoms with Crippen LogP contribution in [0.25, 0.3) is 0 Å². The van der Waals surface area contributed by atoms with E-state index in [0.29, 0.717) is 0 Å². The summed E-state index contributed by atoms with van der Waals surface area (Å²) in [6.45, 7) is 2.09. The minimum Gasteiger partial charge on any atom is -0.301 e. The van der Waals surface area contributed by atoms with Crippen molar-refractivity contribution in [1.29, 1.82) is 0 Å². The summed E-state index contributed by atoms with van der Waals surface area (Å²) in [5.41, 5.74) is 1.35. The van der Waals surface area contributed by atoms with Crippen LogP contribution in [0.2, 0.25) is 0 Å². The molecule has 0 bridgehead atoms. The Kier molecular flexibility index (Phi) is 4.99. The SMILES string of the molecule is CN(CCBr)Cc1ccc(Br)cc1. The van der Waals surface area contributed by atoms with Crippen LogP contribution in [-0.4, -0.2) is 23.8 Å². The highest BCUT2D eigenvalue weighted by Gasteiger charge is 1.98. The number of benzene rings is 1. The quantitative estimate of drug-likeness (QED) is 0.772. The van der Waals surface area contributed by atoms with Gasteiger partial charge in [0.15, 0.2) is 0 Å². The maximum Gasteiger partial charge on any atom is 0.0231 e. The highest BCUT2D eigenvalue weighted by atomic mass is 79.9. The van der Waals surface area contributed by atoms with E-state index in [-0.39, 0.29) is 0 Å². The topological polar surface area (TPSA) is 3.24 Å². The molecule has 0 aliphatic carbocycles. The first-order valence-electron chi connectivity index (χ1n) is 4.21. The van der Waals surface area contributed by atoms with Crippen LogP contribution < -0.4 is 0 Å². The fourth-order valence-electron chi connectivity index (χ4n) is 1.12. The molecule has 0 atom stereocenters. The lowest BCUT2D eigenvalue weighted by Gasteiger charge is -2.14. The third-order valence-electron chi connectivity index (χ3n) is 1.83. The van der Waals surface area contributed by atoms with Crippen molar-refractivity contribution < 1.29 is 0 Å². The van der Waals surface area contributed by atoms with Crippen molar-refractivity contribution in [3.05, 3.63) is 34.3 Å². The monoisotopic (exact) mass is 305 g/mol. The molecule has 0 aromatic heterocycles. The molecule has 0 fully saturated rings. The van der Waals surface area contributed by atoms with Gasteiger partial charge in [-0.15, -0.1) is 0 Å². The van der Waals surface area contributed by atoms with Gasteiger partial charge in [-0.1, -0.05) is 44.0 Å². The summed E-state index contributed by atoms with van der Waals surface area (Å²) in [4.78, 5) is 2.29. The van der Waals surface area contributed by atoms with Gasteiger partial charge < -0.3 is 4.90 Å². The molecule has 0 spiro atoms. The summed E-state index contributed by atoms with van der Waals surface area (Å²) in [6.07, 6.45) is 0. The van der Waals surface area contributed by atoms with Crippen LogP contribution in [-0.2, 0) is 6.54 Å². The Balaban J connectivity index is 2.49. The Morgan fingerprint density at radius 1 is 1.23 bits per heavy atom. The fourth-order valence-corrected chi connectivity index (χ4v) is 1.99. The van der Waals surface area contributed by atoms with E-state index in [1.807, 2.05) is 0 Å². The standard InChI is InChI=1S/C10H13Br2N/c1-13(7-6-11)8-9-2-4-10(12)5-3-9/h2-5H,6-8H2,1H3. The molecular weight excluding hydrogens is 294 g/mol. The Morgan fingerprint density at radius 3 is 2.38 bits per heavy atom. The minimum atomic E-state index is 1.01. The van der Waals surface area contributed by atoms with Crippen molar-refractivity contribution >= 4 is 31.9 Å². The summed E-state index contributed by atoms with van der Waals surface area (Å²) in [7, 11) is 2.13. The number of alkyl halides is 1. The van der Waals surface area contributed by atoms with Crippen molar-refractivity contribution in [3.8, 4) is 0 Å². The van der Waals surface area contributed by atoms with Gasteiger partial charge in [-0.2, -0.15) is 0 Å². The predicted molar refractivity (Wildman–Crippen MR) is 64.3 cm³/mol. The Morgan fingerprint density at radius 2 is 1.85 bits per heavy atom. The average Bonchev–Trinajstić information content (AvgIpc) is 2.09. The lowest BCUT2D eigenvalue weighted by molar-refractivity contribution is 0.349. The van der Waals surface area contributed by atoms with Gasteiger partial charge in [0.2, 0.25) is 0 Å². The normalized spacial score (nSPS) is 10.8. The molecular formula is C10H13Br2N. The van der Waals surface area contributed by atoms with Crippen molar-refractivity contribution in [2.45, 2.75) is 6.54 Å². The first-order chi connectivity index (χ1) is 6.22. The molecule has 3 heteroatoms. The highest BCUT2D eigenvalue weighted by molar-refractivity contribution is 9.10. The average molecular weight is 307 g/mol. The molecule has 0 aliphatic heterocycles. The second kappa shape index (κ2) is 5.78. The number of hydrogen-bond donors (Lipinski definition) is 0. The van der Waals surface area contributed by atoms with E-state index in [0.717, 1.165) is 22.9 Å². The Hall–Kier alpha value is 0.140. The molecule has 0 saturated carbocycles. The first-order valence-corrected chi connectivity index (χ1v) is 6.13. The largest absolute Gasteiger partial charge is 0.301 e. The zero-order valence-corrected chi connectivity index (χ0v) is 10.8. The molecule has 1 nitrogen and oxygen atoms in total. The fraction of sp³-hybridized carbons (Fsp3) is 0.400. The summed E-state index contributed by atoms with van der Waals surface area (Å²) >= 11 is 6.85. The number of nitrogens with zero attached hydrogens (tertiary/aromatic N) is 1. The van der Waals surface area contributed by atoms with Crippen LogP contribution in [0.1, 0.15) is 5.56 Å². The zero-order chi connectivity index (χ0) is 9.68. The Labute approximate surface area is 96.4 Å². The second-order valence-electron chi connectivity index (χ2n) is 3.05. The molecule has 0 unspecified atom stereocenters. The van der Waals surface area contributed by atoms with Gasteiger partial charge in [0.25, 0.3) is 0 Å². The summed E-state index contributed by atoms with van der Waals surface area (Å²) in [5, 5.41) is 1.03. The molecule has 0 saturated heterocycles. The molecule has 0 aliphatic rings. The molecule has 1 aromatic carbocycles. The molecule has 72 valence electrons. The maximum absolute atomic E-state index is 3.43. The van der Waals surface area contributed by atoms with Crippen LogP contribution in [0.5, 0.6) is 0 Å². The van der Waals surface area contributed by atoms with Crippen molar-refractivity contribution in [1.82, 2.24) is 4.90 Å². The summed E-state index contributed by atoms with van der Waals surface area (Å²) in [5.74, 6) is 0. The maximum atomic E-state index is 3.43. The third kappa shape index (κ3) is 4.25. The van der Waals surface area contributed by atoms with Crippen LogP contribution >= 0.6 is 31.9 Å². The van der Waals surface area contributed by atoms with Gasteiger partial charge in [-0.25, -0.2) is 0 Å². The van der Waals surface area contributed by atoms with Gasteiger partial charge >= 0.3 is 0 Å². The zero-order valence-electron chi connectivity index (χ0n) is 7.63. The van der Waals surface area contributed by atoms with Crippen molar-refractivity contribution in [2.24, 2.45) is 0 Å². The first kappa shape index (κ1) is 11.2. The minimum absolute atomic E-state index is 1.01. The van der Waals surface area contributed by atoms with Gasteiger partial charge in [0.05, 0.1) is 0 Å². The molecule has 13 heavy (non-hydrogen) atoms. The van der Waals surface area contributed by atoms with Gasteiger partial charge in [0, 0.05) is 22.9 Å². The lowest BCUT2D eigenvalue weighted by Crippen LogP contribution is -2.19. The van der Waals surface area contributed by atoms with E-state index < -0.39 is 0 Å². The van der Waals surface area contributed by atoms with E-state index in [9.17, 15) is 0 Å². The van der Waals surface area contributed by atoms with E-state index >= 15 is 0 Å². The van der Waals surface area contributed by atoms with Crippen LogP contribution in [0.4, 0.5) is 0 Å². The summed E-state index contributed by atoms with van der Waals surface area (Å²) in [6, 6.07) is 8.46. The van der Waals surface area contributed by atoms with E-state index in [1.54, 1.807) is 0 Å². The van der Waals surface area contributed by atoms with Crippen LogP contribution in [0.3, 0.4) is 0 Å². The molecule has 1 aromatic rings. The lowest BCUT2D eigenvalue weighted by atomic mass is 10.2. The van der Waals surface area contributed by atoms with Crippen molar-refractivity contribution in [3.63, 3.8) is 0 Å². The summed E-state index contributed by atoms with van der Waals surface area (Å²) < 4.78 is 1.14. The van der Waals surface area contributed by atoms with Crippen molar-refractivity contribution in [2.75, 3.05) is 18.9 Å². The van der Waals surface area contributed by atoms with Gasteiger partial charge in [-0.05, 0) is 24.7 Å². The number of halogens is 2. The van der Waals surface area contributed by atoms with E-state index in [4.69, 9.17) is 0 Å². The molecule has 0 radical (unpaired) electrons. The second-order valence-corrected chi connectivity index (χ2v) is 4.76. The molecule has 0 amide bonds. The van der Waals surface area contributed by atoms with Gasteiger partial charge in [-0.3, -0.25) is 0 Å². The predicted octanol–water partition coefficient (Wildman–Crippen LogP) is 3.28. The highest BCUT2D eigenvalue weighted by Crippen LogP contribution is 2.11. The third-order valence-corrected chi connectivity index (χ3v) is 2.72. The number of hydrogen-bond acceptors (Lipinski definition) is 1. The molecule has 0 N–H and O–H groups in total. The Bertz CT molecular complexity index is 246. The number of rotatable bonds is 4. The van der Waals surface area contributed by atoms with Crippen LogP contribution in [0.15, 0.2) is 28.7 Å². The molecule has 1 rings (SSSR count). The van der Waals surface area contributed by atoms with Gasteiger partial charge in [0.1, 0.15) is 0 Å². The molecule has 0 heterocycles.